The monoisotopic (exact) mass is 499 g/mol. The number of hydrogen-bond donors (Lipinski definition) is 1. The van der Waals surface area contributed by atoms with Gasteiger partial charge in [0.05, 0.1) is 9.80 Å². The maximum Gasteiger partial charge on any atom is 0.293 e. The van der Waals surface area contributed by atoms with Gasteiger partial charge >= 0.3 is 0 Å². The Bertz CT molecular complexity index is 1190. The summed E-state index contributed by atoms with van der Waals surface area (Å²) in [7, 11) is -3.57. The van der Waals surface area contributed by atoms with Crippen molar-refractivity contribution in [3.8, 4) is 0 Å². The Hall–Kier alpha value is -2.95. The number of hydrogen-bond acceptors (Lipinski definition) is 6. The second kappa shape index (κ2) is 10.5. The zero-order valence-electron chi connectivity index (χ0n) is 18.4. The van der Waals surface area contributed by atoms with E-state index in [0.717, 1.165) is 22.2 Å². The Morgan fingerprint density at radius 3 is 2.26 bits per heavy atom. The van der Waals surface area contributed by atoms with Crippen molar-refractivity contribution < 1.29 is 22.8 Å². The first-order valence-electron chi connectivity index (χ1n) is 11.0. The number of carbonyl (C=O) groups is 3. The molecule has 2 saturated heterocycles. The maximum atomic E-state index is 12.7. The third-order valence-corrected chi connectivity index (χ3v) is 8.63. The molecule has 0 aliphatic carbocycles. The van der Waals surface area contributed by atoms with Crippen LogP contribution in [-0.2, 0) is 19.6 Å². The van der Waals surface area contributed by atoms with Crippen molar-refractivity contribution in [2.24, 2.45) is 5.92 Å². The number of rotatable bonds is 7. The number of amides is 3. The minimum absolute atomic E-state index is 0.0871. The third-order valence-electron chi connectivity index (χ3n) is 5.81. The summed E-state index contributed by atoms with van der Waals surface area (Å²) in [6.45, 7) is 0.771. The molecule has 0 bridgehead atoms. The van der Waals surface area contributed by atoms with E-state index in [1.54, 1.807) is 36.4 Å². The van der Waals surface area contributed by atoms with Crippen LogP contribution in [0, 0.1) is 5.92 Å². The topological polar surface area (TPSA) is 104 Å². The SMILES string of the molecule is O=C(NCCN1C(=O)SC(=Cc2ccccc2)C1=O)C1CCN(S(=O)(=O)c2ccccc2)CC1. The van der Waals surface area contributed by atoms with Gasteiger partial charge in [0, 0.05) is 32.1 Å². The van der Waals surface area contributed by atoms with Crippen LogP contribution in [-0.4, -0.2) is 60.9 Å². The Balaban J connectivity index is 1.25. The number of sulfonamides is 1. The molecule has 0 aromatic heterocycles. The van der Waals surface area contributed by atoms with Gasteiger partial charge < -0.3 is 5.32 Å². The Morgan fingerprint density at radius 2 is 1.62 bits per heavy atom. The van der Waals surface area contributed by atoms with Crippen LogP contribution < -0.4 is 5.32 Å². The van der Waals surface area contributed by atoms with Crippen LogP contribution in [0.1, 0.15) is 18.4 Å². The molecule has 4 rings (SSSR count). The largest absolute Gasteiger partial charge is 0.354 e. The number of imide groups is 1. The maximum absolute atomic E-state index is 12.7. The second-order valence-electron chi connectivity index (χ2n) is 8.03. The van der Waals surface area contributed by atoms with E-state index in [-0.39, 0.29) is 54.0 Å². The number of nitrogens with one attached hydrogen (secondary N) is 1. The van der Waals surface area contributed by atoms with Crippen LogP contribution in [0.3, 0.4) is 0 Å². The lowest BCUT2D eigenvalue weighted by molar-refractivity contribution is -0.127. The van der Waals surface area contributed by atoms with Gasteiger partial charge in [-0.2, -0.15) is 4.31 Å². The zero-order chi connectivity index (χ0) is 24.1. The lowest BCUT2D eigenvalue weighted by Crippen LogP contribution is -2.44. The molecule has 0 unspecified atom stereocenters. The number of carbonyl (C=O) groups excluding carboxylic acids is 3. The molecule has 34 heavy (non-hydrogen) atoms. The lowest BCUT2D eigenvalue weighted by atomic mass is 9.97. The fraction of sp³-hybridized carbons (Fsp3) is 0.292. The minimum Gasteiger partial charge on any atom is -0.354 e. The van der Waals surface area contributed by atoms with E-state index in [1.807, 2.05) is 30.3 Å². The van der Waals surface area contributed by atoms with Gasteiger partial charge in [0.25, 0.3) is 11.1 Å². The molecule has 2 aliphatic heterocycles. The number of nitrogens with zero attached hydrogens (tertiary/aromatic N) is 2. The molecule has 2 fully saturated rings. The highest BCUT2D eigenvalue weighted by Crippen LogP contribution is 2.32. The van der Waals surface area contributed by atoms with Crippen molar-refractivity contribution in [2.75, 3.05) is 26.2 Å². The van der Waals surface area contributed by atoms with Crippen LogP contribution in [0.2, 0.25) is 0 Å². The van der Waals surface area contributed by atoms with E-state index < -0.39 is 10.0 Å². The second-order valence-corrected chi connectivity index (χ2v) is 11.0. The summed E-state index contributed by atoms with van der Waals surface area (Å²) in [4.78, 5) is 39.2. The minimum atomic E-state index is -3.57. The van der Waals surface area contributed by atoms with Crippen molar-refractivity contribution in [3.05, 3.63) is 71.1 Å². The molecule has 0 saturated carbocycles. The van der Waals surface area contributed by atoms with E-state index in [0.29, 0.717) is 17.7 Å². The molecule has 10 heteroatoms. The molecule has 0 atom stereocenters. The van der Waals surface area contributed by atoms with Crippen molar-refractivity contribution in [3.63, 3.8) is 0 Å². The normalized spacial score (nSPS) is 19.1. The first kappa shape index (κ1) is 24.2. The molecule has 178 valence electrons. The predicted octanol–water partition coefficient (Wildman–Crippen LogP) is 2.94. The van der Waals surface area contributed by atoms with E-state index >= 15 is 0 Å². The quantitative estimate of drug-likeness (QED) is 0.588. The van der Waals surface area contributed by atoms with Crippen LogP contribution >= 0.6 is 11.8 Å². The van der Waals surface area contributed by atoms with Gasteiger partial charge in [-0.25, -0.2) is 8.42 Å². The molecule has 3 amide bonds. The summed E-state index contributed by atoms with van der Waals surface area (Å²) < 4.78 is 26.9. The van der Waals surface area contributed by atoms with Gasteiger partial charge in [0.15, 0.2) is 0 Å². The molecule has 8 nitrogen and oxygen atoms in total. The van der Waals surface area contributed by atoms with Crippen molar-refractivity contribution >= 4 is 44.9 Å². The molecule has 2 aromatic carbocycles. The molecular weight excluding hydrogens is 474 g/mol. The average Bonchev–Trinajstić information content (AvgIpc) is 3.12. The Kier molecular flexibility index (Phi) is 7.50. The fourth-order valence-corrected chi connectivity index (χ4v) is 6.28. The van der Waals surface area contributed by atoms with Crippen molar-refractivity contribution in [1.29, 1.82) is 0 Å². The highest BCUT2D eigenvalue weighted by Gasteiger charge is 2.35. The smallest absolute Gasteiger partial charge is 0.293 e. The summed E-state index contributed by atoms with van der Waals surface area (Å²) in [5.41, 5.74) is 0.835. The van der Waals surface area contributed by atoms with Gasteiger partial charge in [0.1, 0.15) is 0 Å². The summed E-state index contributed by atoms with van der Waals surface area (Å²) in [5, 5.41) is 2.43. The highest BCUT2D eigenvalue weighted by molar-refractivity contribution is 8.18. The Morgan fingerprint density at radius 1 is 1.00 bits per heavy atom. The van der Waals surface area contributed by atoms with Gasteiger partial charge in [-0.15, -0.1) is 0 Å². The molecular formula is C24H25N3O5S2. The van der Waals surface area contributed by atoms with E-state index in [4.69, 9.17) is 0 Å². The summed E-state index contributed by atoms with van der Waals surface area (Å²) in [5.74, 6) is -0.869. The average molecular weight is 500 g/mol. The van der Waals surface area contributed by atoms with Gasteiger partial charge in [-0.05, 0) is 48.4 Å². The summed E-state index contributed by atoms with van der Waals surface area (Å²) >= 11 is 0.888. The van der Waals surface area contributed by atoms with Crippen LogP contribution in [0.25, 0.3) is 6.08 Å². The molecule has 1 N–H and O–H groups in total. The van der Waals surface area contributed by atoms with Gasteiger partial charge in [-0.3, -0.25) is 19.3 Å². The lowest BCUT2D eigenvalue weighted by Gasteiger charge is -2.30. The van der Waals surface area contributed by atoms with Gasteiger partial charge in [-0.1, -0.05) is 48.5 Å². The molecule has 0 spiro atoms. The number of thioether (sulfide) groups is 1. The fourth-order valence-electron chi connectivity index (χ4n) is 3.93. The summed E-state index contributed by atoms with van der Waals surface area (Å²) in [6.07, 6.45) is 2.51. The third kappa shape index (κ3) is 5.40. The molecule has 2 heterocycles. The van der Waals surface area contributed by atoms with E-state index in [2.05, 4.69) is 5.32 Å². The van der Waals surface area contributed by atoms with Crippen molar-refractivity contribution in [2.45, 2.75) is 17.7 Å². The number of piperidine rings is 1. The Labute approximate surface area is 203 Å². The number of benzene rings is 2. The van der Waals surface area contributed by atoms with Gasteiger partial charge in [0.2, 0.25) is 15.9 Å². The van der Waals surface area contributed by atoms with Crippen molar-refractivity contribution in [1.82, 2.24) is 14.5 Å². The van der Waals surface area contributed by atoms with Crippen LogP contribution in [0.4, 0.5) is 4.79 Å². The molecule has 2 aromatic rings. The van der Waals surface area contributed by atoms with E-state index in [1.165, 1.54) is 4.31 Å². The first-order chi connectivity index (χ1) is 16.4. The molecule has 0 radical (unpaired) electrons. The standard InChI is InChI=1S/C24H25N3O5S2/c28-22(19-11-14-26(15-12-19)34(31,32)20-9-5-2-6-10-20)25-13-16-27-23(29)21(33-24(27)30)17-18-7-3-1-4-8-18/h1-10,17,19H,11-16H2,(H,25,28). The highest BCUT2D eigenvalue weighted by atomic mass is 32.2. The predicted molar refractivity (Wildman–Crippen MR) is 130 cm³/mol. The van der Waals surface area contributed by atoms with E-state index in [9.17, 15) is 22.8 Å². The first-order valence-corrected chi connectivity index (χ1v) is 13.3. The van der Waals surface area contributed by atoms with Crippen LogP contribution in [0.15, 0.2) is 70.5 Å². The molecule has 2 aliphatic rings. The summed E-state index contributed by atoms with van der Waals surface area (Å²) in [6, 6.07) is 17.5. The zero-order valence-corrected chi connectivity index (χ0v) is 20.1. The van der Waals surface area contributed by atoms with Crippen LogP contribution in [0.5, 0.6) is 0 Å².